The Bertz CT molecular complexity index is 1020. The van der Waals surface area contributed by atoms with Crippen molar-refractivity contribution < 1.29 is 32.5 Å². The Labute approximate surface area is 170 Å². The Kier molecular flexibility index (Phi) is 5.60. The summed E-state index contributed by atoms with van der Waals surface area (Å²) in [5.74, 6) is 0.324. The van der Waals surface area contributed by atoms with Crippen LogP contribution in [-0.2, 0) is 21.0 Å². The number of rotatable bonds is 5. The van der Waals surface area contributed by atoms with Gasteiger partial charge in [0.2, 0.25) is 0 Å². The molecule has 8 heteroatoms. The summed E-state index contributed by atoms with van der Waals surface area (Å²) < 4.78 is 40.5. The molecule has 0 radical (unpaired) electrons. The molecule has 1 heterocycles. The van der Waals surface area contributed by atoms with Crippen molar-refractivity contribution in [2.75, 3.05) is 12.9 Å². The second-order valence-electron chi connectivity index (χ2n) is 7.90. The van der Waals surface area contributed by atoms with Crippen LogP contribution in [0.2, 0.25) is 0 Å². The summed E-state index contributed by atoms with van der Waals surface area (Å²) >= 11 is 0. The molecule has 0 bridgehead atoms. The number of fused-ring (bicyclic) bond motifs is 1. The number of aliphatic hydroxyl groups is 1. The van der Waals surface area contributed by atoms with Gasteiger partial charge in [-0.25, -0.2) is 13.2 Å². The molecule has 0 aliphatic carbocycles. The third-order valence-electron chi connectivity index (χ3n) is 4.22. The maximum absolute atomic E-state index is 12.7. The van der Waals surface area contributed by atoms with Gasteiger partial charge in [0.25, 0.3) is 0 Å². The zero-order valence-corrected chi connectivity index (χ0v) is 17.6. The first kappa shape index (κ1) is 21.1. The van der Waals surface area contributed by atoms with Crippen molar-refractivity contribution in [3.05, 3.63) is 47.5 Å². The van der Waals surface area contributed by atoms with Crippen molar-refractivity contribution in [1.82, 2.24) is 0 Å². The molecule has 7 nitrogen and oxygen atoms in total. The molecule has 1 N–H and O–H groups in total. The molecule has 2 aromatic rings. The standard InChI is InChI=1S/C21H24O7S/c1-21(2,3)28-20(23)17-10-5-13-11-15(12-22)27-18(13)19(17)26-14-6-8-16(9-7-14)29(4,24)25/h5-10,15,22H,11-12H2,1-4H3. The topological polar surface area (TPSA) is 99.1 Å². The fraction of sp³-hybridized carbons (Fsp3) is 0.381. The first-order chi connectivity index (χ1) is 13.5. The average Bonchev–Trinajstić information content (AvgIpc) is 3.04. The first-order valence-electron chi connectivity index (χ1n) is 9.12. The fourth-order valence-electron chi connectivity index (χ4n) is 2.92. The summed E-state index contributed by atoms with van der Waals surface area (Å²) in [5, 5.41) is 9.44. The number of benzene rings is 2. The van der Waals surface area contributed by atoms with Crippen LogP contribution < -0.4 is 9.47 Å². The fourth-order valence-corrected chi connectivity index (χ4v) is 3.55. The maximum atomic E-state index is 12.7. The molecule has 1 aliphatic rings. The lowest BCUT2D eigenvalue weighted by Gasteiger charge is -2.21. The van der Waals surface area contributed by atoms with Crippen LogP contribution >= 0.6 is 0 Å². The average molecular weight is 420 g/mol. The Morgan fingerprint density at radius 1 is 1.17 bits per heavy atom. The van der Waals surface area contributed by atoms with Crippen LogP contribution in [0.25, 0.3) is 0 Å². The molecule has 0 fully saturated rings. The van der Waals surface area contributed by atoms with Gasteiger partial charge in [-0.15, -0.1) is 0 Å². The van der Waals surface area contributed by atoms with E-state index in [1.165, 1.54) is 24.3 Å². The molecule has 0 aromatic heterocycles. The summed E-state index contributed by atoms with van der Waals surface area (Å²) in [6.45, 7) is 5.13. The minimum Gasteiger partial charge on any atom is -0.483 e. The van der Waals surface area contributed by atoms with Gasteiger partial charge in [0, 0.05) is 18.2 Å². The summed E-state index contributed by atoms with van der Waals surface area (Å²) in [5.41, 5.74) is 0.294. The molecule has 0 spiro atoms. The molecule has 1 atom stereocenters. The summed E-state index contributed by atoms with van der Waals surface area (Å²) in [4.78, 5) is 12.9. The minimum absolute atomic E-state index is 0.159. The van der Waals surface area contributed by atoms with Crippen LogP contribution in [0.5, 0.6) is 17.2 Å². The van der Waals surface area contributed by atoms with Gasteiger partial charge >= 0.3 is 5.97 Å². The third-order valence-corrected chi connectivity index (χ3v) is 5.35. The minimum atomic E-state index is -3.34. The van der Waals surface area contributed by atoms with Crippen LogP contribution in [0.3, 0.4) is 0 Å². The van der Waals surface area contributed by atoms with E-state index in [0.29, 0.717) is 17.9 Å². The molecule has 156 valence electrons. The quantitative estimate of drug-likeness (QED) is 0.742. The Morgan fingerprint density at radius 2 is 1.83 bits per heavy atom. The Balaban J connectivity index is 2.01. The number of carbonyl (C=O) groups excluding carboxylic acids is 1. The molecular formula is C21H24O7S. The van der Waals surface area contributed by atoms with Gasteiger partial charge in [-0.3, -0.25) is 0 Å². The van der Waals surface area contributed by atoms with Crippen LogP contribution in [0, 0.1) is 0 Å². The second-order valence-corrected chi connectivity index (χ2v) is 9.92. The molecule has 0 amide bonds. The van der Waals surface area contributed by atoms with Crippen molar-refractivity contribution in [1.29, 1.82) is 0 Å². The lowest BCUT2D eigenvalue weighted by Crippen LogP contribution is -2.24. The summed E-state index contributed by atoms with van der Waals surface area (Å²) in [6.07, 6.45) is 1.19. The van der Waals surface area contributed by atoms with E-state index in [0.717, 1.165) is 11.8 Å². The van der Waals surface area contributed by atoms with Gasteiger partial charge in [0.15, 0.2) is 21.3 Å². The number of carbonyl (C=O) groups is 1. The van der Waals surface area contributed by atoms with Crippen LogP contribution in [0.15, 0.2) is 41.3 Å². The molecule has 0 saturated heterocycles. The predicted molar refractivity (Wildman–Crippen MR) is 106 cm³/mol. The maximum Gasteiger partial charge on any atom is 0.342 e. The van der Waals surface area contributed by atoms with Crippen molar-refractivity contribution in [3.63, 3.8) is 0 Å². The number of ether oxygens (including phenoxy) is 3. The Hall–Kier alpha value is -2.58. The van der Waals surface area contributed by atoms with E-state index in [9.17, 15) is 18.3 Å². The molecule has 2 aromatic carbocycles. The van der Waals surface area contributed by atoms with Gasteiger partial charge in [0.05, 0.1) is 11.5 Å². The molecule has 3 rings (SSSR count). The highest BCUT2D eigenvalue weighted by molar-refractivity contribution is 7.90. The molecule has 1 aliphatic heterocycles. The van der Waals surface area contributed by atoms with Gasteiger partial charge in [0.1, 0.15) is 23.0 Å². The van der Waals surface area contributed by atoms with Gasteiger partial charge in [-0.1, -0.05) is 6.07 Å². The van der Waals surface area contributed by atoms with Crippen molar-refractivity contribution in [2.24, 2.45) is 0 Å². The summed E-state index contributed by atoms with van der Waals surface area (Å²) in [7, 11) is -3.34. The van der Waals surface area contributed by atoms with Gasteiger partial charge in [-0.2, -0.15) is 0 Å². The molecular weight excluding hydrogens is 396 g/mol. The van der Waals surface area contributed by atoms with E-state index >= 15 is 0 Å². The van der Waals surface area contributed by atoms with Crippen LogP contribution in [0.4, 0.5) is 0 Å². The Morgan fingerprint density at radius 3 is 2.38 bits per heavy atom. The van der Waals surface area contributed by atoms with Crippen LogP contribution in [-0.4, -0.2) is 44.1 Å². The number of sulfone groups is 1. The summed E-state index contributed by atoms with van der Waals surface area (Å²) in [6, 6.07) is 9.23. The van der Waals surface area contributed by atoms with E-state index in [1.807, 2.05) is 0 Å². The lowest BCUT2D eigenvalue weighted by atomic mass is 10.1. The zero-order chi connectivity index (χ0) is 21.4. The molecule has 0 saturated carbocycles. The van der Waals surface area contributed by atoms with Crippen molar-refractivity contribution >= 4 is 15.8 Å². The number of hydrogen-bond donors (Lipinski definition) is 1. The molecule has 29 heavy (non-hydrogen) atoms. The van der Waals surface area contributed by atoms with E-state index in [-0.39, 0.29) is 22.8 Å². The van der Waals surface area contributed by atoms with Gasteiger partial charge < -0.3 is 19.3 Å². The van der Waals surface area contributed by atoms with E-state index < -0.39 is 27.5 Å². The van der Waals surface area contributed by atoms with E-state index in [4.69, 9.17) is 14.2 Å². The predicted octanol–water partition coefficient (Wildman–Crippen LogP) is 3.13. The monoisotopic (exact) mass is 420 g/mol. The second kappa shape index (κ2) is 7.68. The highest BCUT2D eigenvalue weighted by atomic mass is 32.2. The normalized spacial score (nSPS) is 16.1. The van der Waals surface area contributed by atoms with E-state index in [1.54, 1.807) is 32.9 Å². The highest BCUT2D eigenvalue weighted by Crippen LogP contribution is 2.43. The highest BCUT2D eigenvalue weighted by Gasteiger charge is 2.31. The number of aliphatic hydroxyl groups excluding tert-OH is 1. The zero-order valence-electron chi connectivity index (χ0n) is 16.8. The SMILES string of the molecule is CC(C)(C)OC(=O)c1ccc2c(c1Oc1ccc(S(C)(=O)=O)cc1)OC(CO)C2. The number of esters is 1. The van der Waals surface area contributed by atoms with E-state index in [2.05, 4.69) is 0 Å². The van der Waals surface area contributed by atoms with Crippen molar-refractivity contribution in [2.45, 2.75) is 43.8 Å². The van der Waals surface area contributed by atoms with Crippen LogP contribution in [0.1, 0.15) is 36.7 Å². The largest absolute Gasteiger partial charge is 0.483 e. The molecule has 1 unspecified atom stereocenters. The lowest BCUT2D eigenvalue weighted by molar-refractivity contribution is 0.00664. The smallest absolute Gasteiger partial charge is 0.342 e. The number of hydrogen-bond acceptors (Lipinski definition) is 7. The van der Waals surface area contributed by atoms with Crippen molar-refractivity contribution in [3.8, 4) is 17.2 Å². The van der Waals surface area contributed by atoms with Gasteiger partial charge in [-0.05, 0) is 51.1 Å². The third kappa shape index (κ3) is 4.89. The first-order valence-corrected chi connectivity index (χ1v) is 11.0.